The summed E-state index contributed by atoms with van der Waals surface area (Å²) in [5.41, 5.74) is -0.0413. The summed E-state index contributed by atoms with van der Waals surface area (Å²) in [4.78, 5) is 32.9. The number of rotatable bonds is 2. The number of hydrogen-bond acceptors (Lipinski definition) is 6. The highest BCUT2D eigenvalue weighted by atomic mass is 32.2. The summed E-state index contributed by atoms with van der Waals surface area (Å²) < 4.78 is 4.27. The molecule has 0 fully saturated rings. The van der Waals surface area contributed by atoms with Crippen molar-refractivity contribution in [3.63, 3.8) is 0 Å². The third-order valence-electron chi connectivity index (χ3n) is 1.88. The van der Waals surface area contributed by atoms with Gasteiger partial charge in [0.05, 0.1) is 10.5 Å². The minimum atomic E-state index is -0.823. The maximum Gasteiger partial charge on any atom is 0.375 e. The minimum absolute atomic E-state index is 0.0912. The van der Waals surface area contributed by atoms with Crippen molar-refractivity contribution < 1.29 is 19.2 Å². The zero-order valence-electron chi connectivity index (χ0n) is 10.7. The summed E-state index contributed by atoms with van der Waals surface area (Å²) in [6.07, 6.45) is 0. The summed E-state index contributed by atoms with van der Waals surface area (Å²) in [6.45, 7) is 5.44. The quantitative estimate of drug-likeness (QED) is 0.358. The number of carbonyl (C=O) groups excluding carboxylic acids is 2. The molecule has 7 heteroatoms. The fourth-order valence-corrected chi connectivity index (χ4v) is 1.74. The highest BCUT2D eigenvalue weighted by Crippen LogP contribution is 2.25. The predicted molar refractivity (Wildman–Crippen MR) is 71.3 cm³/mol. The molecule has 102 valence electrons. The number of hydrogen-bond donors (Lipinski definition) is 0. The molecule has 0 spiro atoms. The number of nitro groups is 1. The Balaban J connectivity index is 2.68. The molecule has 0 aromatic heterocycles. The van der Waals surface area contributed by atoms with Gasteiger partial charge in [-0.2, -0.15) is 0 Å². The molecule has 0 N–H and O–H groups in total. The van der Waals surface area contributed by atoms with Gasteiger partial charge in [-0.05, 0) is 23.9 Å². The molecule has 1 aromatic carbocycles. The Morgan fingerprint density at radius 3 is 2.16 bits per heavy atom. The molecule has 0 heterocycles. The monoisotopic (exact) mass is 283 g/mol. The van der Waals surface area contributed by atoms with Crippen LogP contribution in [0, 0.1) is 10.1 Å². The van der Waals surface area contributed by atoms with Crippen LogP contribution in [-0.2, 0) is 4.74 Å². The van der Waals surface area contributed by atoms with E-state index < -0.39 is 16.2 Å². The molecule has 0 bridgehead atoms. The van der Waals surface area contributed by atoms with E-state index in [2.05, 4.69) is 4.74 Å². The molecule has 0 amide bonds. The molecule has 0 aliphatic heterocycles. The number of nitrogens with zero attached hydrogens (tertiary/aromatic N) is 1. The standard InChI is InChI=1S/C12H13NO5S/c1-12(2,3)19-11(15)18-10(14)8-4-6-9(7-5-8)13(16)17/h4-7H,1-3H3. The Morgan fingerprint density at radius 2 is 1.74 bits per heavy atom. The van der Waals surface area contributed by atoms with Crippen molar-refractivity contribution in [2.45, 2.75) is 25.5 Å². The summed E-state index contributed by atoms with van der Waals surface area (Å²) in [5, 5.41) is 9.75. The van der Waals surface area contributed by atoms with Gasteiger partial charge in [-0.25, -0.2) is 9.59 Å². The van der Waals surface area contributed by atoms with Crippen LogP contribution in [-0.4, -0.2) is 20.9 Å². The highest BCUT2D eigenvalue weighted by molar-refractivity contribution is 8.14. The van der Waals surface area contributed by atoms with Crippen LogP contribution < -0.4 is 0 Å². The highest BCUT2D eigenvalue weighted by Gasteiger charge is 2.21. The second kappa shape index (κ2) is 5.83. The first-order valence-electron chi connectivity index (χ1n) is 5.38. The molecule has 0 aliphatic rings. The van der Waals surface area contributed by atoms with E-state index in [9.17, 15) is 19.7 Å². The second-order valence-electron chi connectivity index (χ2n) is 4.66. The van der Waals surface area contributed by atoms with Gasteiger partial charge in [0.1, 0.15) is 0 Å². The predicted octanol–water partition coefficient (Wildman–Crippen LogP) is 3.40. The summed E-state index contributed by atoms with van der Waals surface area (Å²) in [7, 11) is 0. The van der Waals surface area contributed by atoms with Crippen molar-refractivity contribution in [2.75, 3.05) is 0 Å². The number of benzene rings is 1. The Bertz CT molecular complexity index is 504. The van der Waals surface area contributed by atoms with E-state index >= 15 is 0 Å². The van der Waals surface area contributed by atoms with E-state index in [4.69, 9.17) is 0 Å². The molecule has 6 nitrogen and oxygen atoms in total. The van der Waals surface area contributed by atoms with Crippen LogP contribution in [0.2, 0.25) is 0 Å². The Labute approximate surface area is 114 Å². The van der Waals surface area contributed by atoms with Crippen LogP contribution in [0.15, 0.2) is 24.3 Å². The van der Waals surface area contributed by atoms with E-state index in [0.717, 1.165) is 11.8 Å². The molecular weight excluding hydrogens is 270 g/mol. The van der Waals surface area contributed by atoms with Gasteiger partial charge in [0.25, 0.3) is 5.69 Å². The third kappa shape index (κ3) is 5.09. The number of nitro benzene ring substituents is 1. The first kappa shape index (κ1) is 15.2. The molecule has 0 aliphatic carbocycles. The molecule has 1 aromatic rings. The summed E-state index contributed by atoms with van der Waals surface area (Å²) in [5.74, 6) is -0.823. The van der Waals surface area contributed by atoms with Crippen LogP contribution in [0.1, 0.15) is 31.1 Å². The molecule has 19 heavy (non-hydrogen) atoms. The minimum Gasteiger partial charge on any atom is -0.381 e. The van der Waals surface area contributed by atoms with Gasteiger partial charge in [0.2, 0.25) is 0 Å². The van der Waals surface area contributed by atoms with Gasteiger partial charge in [-0.15, -0.1) is 0 Å². The van der Waals surface area contributed by atoms with Crippen molar-refractivity contribution in [3.05, 3.63) is 39.9 Å². The zero-order valence-corrected chi connectivity index (χ0v) is 11.5. The first-order chi connectivity index (χ1) is 8.69. The maximum absolute atomic E-state index is 11.6. The fraction of sp³-hybridized carbons (Fsp3) is 0.333. The number of thioether (sulfide) groups is 1. The van der Waals surface area contributed by atoms with Crippen LogP contribution in [0.25, 0.3) is 0 Å². The Kier molecular flexibility index (Phi) is 4.66. The Hall–Kier alpha value is -1.89. The zero-order chi connectivity index (χ0) is 14.6. The van der Waals surface area contributed by atoms with Gasteiger partial charge in [0, 0.05) is 16.9 Å². The molecule has 0 saturated carbocycles. The van der Waals surface area contributed by atoms with Gasteiger partial charge in [-0.1, -0.05) is 20.8 Å². The lowest BCUT2D eigenvalue weighted by atomic mass is 10.2. The van der Waals surface area contributed by atoms with Crippen molar-refractivity contribution in [3.8, 4) is 0 Å². The van der Waals surface area contributed by atoms with Crippen molar-refractivity contribution in [2.24, 2.45) is 0 Å². The maximum atomic E-state index is 11.6. The average molecular weight is 283 g/mol. The van der Waals surface area contributed by atoms with E-state index in [-0.39, 0.29) is 16.0 Å². The van der Waals surface area contributed by atoms with E-state index in [1.165, 1.54) is 24.3 Å². The number of ether oxygens (including phenoxy) is 1. The number of carbonyl (C=O) groups is 2. The van der Waals surface area contributed by atoms with E-state index in [1.54, 1.807) is 0 Å². The lowest BCUT2D eigenvalue weighted by Crippen LogP contribution is -2.16. The average Bonchev–Trinajstić information content (AvgIpc) is 2.26. The lowest BCUT2D eigenvalue weighted by Gasteiger charge is -2.14. The second-order valence-corrected chi connectivity index (χ2v) is 6.42. The first-order valence-corrected chi connectivity index (χ1v) is 6.20. The molecule has 0 unspecified atom stereocenters. The summed E-state index contributed by atoms with van der Waals surface area (Å²) >= 11 is 0.898. The normalized spacial score (nSPS) is 10.9. The fourth-order valence-electron chi connectivity index (χ4n) is 1.12. The van der Waals surface area contributed by atoms with E-state index in [1.807, 2.05) is 20.8 Å². The van der Waals surface area contributed by atoms with Crippen LogP contribution >= 0.6 is 11.8 Å². The topological polar surface area (TPSA) is 86.5 Å². The van der Waals surface area contributed by atoms with E-state index in [0.29, 0.717) is 0 Å². The van der Waals surface area contributed by atoms with Crippen LogP contribution in [0.3, 0.4) is 0 Å². The van der Waals surface area contributed by atoms with Crippen LogP contribution in [0.5, 0.6) is 0 Å². The van der Waals surface area contributed by atoms with Crippen LogP contribution in [0.4, 0.5) is 10.5 Å². The smallest absolute Gasteiger partial charge is 0.375 e. The summed E-state index contributed by atoms with van der Waals surface area (Å²) in [6, 6.07) is 4.85. The molecule has 1 rings (SSSR count). The van der Waals surface area contributed by atoms with Crippen molar-refractivity contribution in [1.82, 2.24) is 0 Å². The Morgan fingerprint density at radius 1 is 1.21 bits per heavy atom. The van der Waals surface area contributed by atoms with Gasteiger partial charge in [-0.3, -0.25) is 10.1 Å². The molecular formula is C12H13NO5S. The number of non-ortho nitro benzene ring substituents is 1. The molecule has 0 radical (unpaired) electrons. The molecule has 0 saturated heterocycles. The van der Waals surface area contributed by atoms with Crippen molar-refractivity contribution in [1.29, 1.82) is 0 Å². The third-order valence-corrected chi connectivity index (χ3v) is 2.74. The van der Waals surface area contributed by atoms with Gasteiger partial charge >= 0.3 is 11.3 Å². The molecule has 0 atom stereocenters. The SMILES string of the molecule is CC(C)(C)SC(=O)OC(=O)c1ccc([N+](=O)[O-])cc1. The number of esters is 1. The van der Waals surface area contributed by atoms with Gasteiger partial charge < -0.3 is 4.74 Å². The van der Waals surface area contributed by atoms with Gasteiger partial charge in [0.15, 0.2) is 0 Å². The lowest BCUT2D eigenvalue weighted by molar-refractivity contribution is -0.384. The largest absolute Gasteiger partial charge is 0.381 e. The van der Waals surface area contributed by atoms with Crippen molar-refractivity contribution >= 4 is 28.7 Å².